The minimum Gasteiger partial charge on any atom is -0.492 e. The van der Waals surface area contributed by atoms with Crippen molar-refractivity contribution in [2.75, 3.05) is 19.7 Å². The molecule has 1 saturated heterocycles. The van der Waals surface area contributed by atoms with Gasteiger partial charge in [-0.25, -0.2) is 0 Å². The fourth-order valence-electron chi connectivity index (χ4n) is 3.43. The normalized spacial score (nSPS) is 17.4. The second kappa shape index (κ2) is 10.2. The summed E-state index contributed by atoms with van der Waals surface area (Å²) in [5.41, 5.74) is -0.464. The Bertz CT molecular complexity index is 815. The molecule has 1 aliphatic heterocycles. The number of esters is 1. The molecule has 1 atom stereocenters. The summed E-state index contributed by atoms with van der Waals surface area (Å²) in [5.74, 6) is 2.06. The van der Waals surface area contributed by atoms with Gasteiger partial charge in [0.25, 0.3) is 0 Å². The van der Waals surface area contributed by atoms with Crippen molar-refractivity contribution < 1.29 is 19.0 Å². The highest BCUT2D eigenvalue weighted by atomic mass is 35.5. The molecule has 6 heteroatoms. The van der Waals surface area contributed by atoms with Crippen molar-refractivity contribution in [1.29, 1.82) is 0 Å². The van der Waals surface area contributed by atoms with E-state index in [1.807, 2.05) is 57.2 Å². The van der Waals surface area contributed by atoms with Crippen LogP contribution in [0.3, 0.4) is 0 Å². The minimum absolute atomic E-state index is 0.182. The van der Waals surface area contributed by atoms with Crippen LogP contribution >= 0.6 is 11.6 Å². The molecule has 0 amide bonds. The summed E-state index contributed by atoms with van der Waals surface area (Å²) in [4.78, 5) is 14.4. The van der Waals surface area contributed by atoms with Gasteiger partial charge in [0.2, 0.25) is 0 Å². The van der Waals surface area contributed by atoms with Crippen LogP contribution < -0.4 is 9.47 Å². The van der Waals surface area contributed by atoms with E-state index in [2.05, 4.69) is 4.90 Å². The quantitative estimate of drug-likeness (QED) is 0.525. The molecule has 2 aromatic rings. The van der Waals surface area contributed by atoms with Gasteiger partial charge in [0.05, 0.1) is 6.54 Å². The first kappa shape index (κ1) is 22.4. The van der Waals surface area contributed by atoms with Crippen molar-refractivity contribution in [2.24, 2.45) is 0 Å². The number of hydrogen-bond donors (Lipinski definition) is 0. The first-order chi connectivity index (χ1) is 14.3. The van der Waals surface area contributed by atoms with Crippen LogP contribution in [0.5, 0.6) is 17.2 Å². The van der Waals surface area contributed by atoms with Gasteiger partial charge in [-0.2, -0.15) is 0 Å². The molecule has 1 aliphatic rings. The van der Waals surface area contributed by atoms with Crippen LogP contribution in [0, 0.1) is 0 Å². The lowest BCUT2D eigenvalue weighted by Crippen LogP contribution is -2.46. The van der Waals surface area contributed by atoms with Gasteiger partial charge >= 0.3 is 5.97 Å². The van der Waals surface area contributed by atoms with Crippen LogP contribution in [-0.2, 0) is 9.53 Å². The third-order valence-corrected chi connectivity index (χ3v) is 5.07. The van der Waals surface area contributed by atoms with Crippen LogP contribution in [-0.4, -0.2) is 42.2 Å². The number of nitrogens with zero attached hydrogens (tertiary/aromatic N) is 1. The zero-order valence-corrected chi connectivity index (χ0v) is 18.7. The van der Waals surface area contributed by atoms with E-state index in [0.29, 0.717) is 18.2 Å². The zero-order valence-electron chi connectivity index (χ0n) is 17.9. The molecule has 2 aromatic carbocycles. The molecule has 0 bridgehead atoms. The lowest BCUT2D eigenvalue weighted by Gasteiger charge is -2.35. The summed E-state index contributed by atoms with van der Waals surface area (Å²) >= 11 is 5.90. The number of carbonyl (C=O) groups excluding carboxylic acids is 1. The Morgan fingerprint density at radius 2 is 1.60 bits per heavy atom. The number of hydrogen-bond acceptors (Lipinski definition) is 5. The van der Waals surface area contributed by atoms with Gasteiger partial charge in [-0.1, -0.05) is 18.0 Å². The Hall–Kier alpha value is -2.24. The Morgan fingerprint density at radius 1 is 1.00 bits per heavy atom. The van der Waals surface area contributed by atoms with Gasteiger partial charge in [-0.05, 0) is 88.7 Å². The maximum absolute atomic E-state index is 12.2. The molecule has 3 rings (SSSR count). The molecule has 1 unspecified atom stereocenters. The van der Waals surface area contributed by atoms with E-state index in [0.717, 1.165) is 43.1 Å². The Morgan fingerprint density at radius 3 is 2.23 bits per heavy atom. The monoisotopic (exact) mass is 431 g/mol. The highest BCUT2D eigenvalue weighted by Gasteiger charge is 2.27. The molecule has 1 heterocycles. The van der Waals surface area contributed by atoms with E-state index in [1.165, 1.54) is 0 Å². The number of ether oxygens (including phenoxy) is 3. The molecule has 5 nitrogen and oxygen atoms in total. The van der Waals surface area contributed by atoms with Crippen molar-refractivity contribution in [3.63, 3.8) is 0 Å². The number of likely N-dealkylation sites (tertiary alicyclic amines) is 1. The number of halogens is 1. The Balaban J connectivity index is 1.51. The summed E-state index contributed by atoms with van der Waals surface area (Å²) in [7, 11) is 0. The van der Waals surface area contributed by atoms with Crippen molar-refractivity contribution in [3.8, 4) is 17.2 Å². The van der Waals surface area contributed by atoms with E-state index in [9.17, 15) is 4.79 Å². The molecule has 0 aliphatic carbocycles. The number of rotatable bonds is 7. The SMILES string of the molecule is CC(C)(C)OC(=O)CN1CCCCC1COc1ccc(Oc2ccc(Cl)cc2)cc1. The van der Waals surface area contributed by atoms with Crippen LogP contribution in [0.1, 0.15) is 40.0 Å². The highest BCUT2D eigenvalue weighted by Crippen LogP contribution is 2.26. The van der Waals surface area contributed by atoms with Crippen LogP contribution in [0.2, 0.25) is 5.02 Å². The highest BCUT2D eigenvalue weighted by molar-refractivity contribution is 6.30. The maximum Gasteiger partial charge on any atom is 0.320 e. The topological polar surface area (TPSA) is 48.0 Å². The van der Waals surface area contributed by atoms with E-state index in [4.69, 9.17) is 25.8 Å². The average Bonchev–Trinajstić information content (AvgIpc) is 2.69. The fourth-order valence-corrected chi connectivity index (χ4v) is 3.56. The average molecular weight is 432 g/mol. The summed E-state index contributed by atoms with van der Waals surface area (Å²) in [6.45, 7) is 7.41. The van der Waals surface area contributed by atoms with E-state index >= 15 is 0 Å². The van der Waals surface area contributed by atoms with Gasteiger partial charge in [0.15, 0.2) is 0 Å². The molecule has 0 saturated carbocycles. The minimum atomic E-state index is -0.464. The van der Waals surface area contributed by atoms with Crippen LogP contribution in [0.4, 0.5) is 0 Å². The Kier molecular flexibility index (Phi) is 7.62. The molecule has 162 valence electrons. The maximum atomic E-state index is 12.2. The first-order valence-electron chi connectivity index (χ1n) is 10.4. The van der Waals surface area contributed by atoms with E-state index < -0.39 is 5.60 Å². The fraction of sp³-hybridized carbons (Fsp3) is 0.458. The molecular weight excluding hydrogens is 402 g/mol. The van der Waals surface area contributed by atoms with Crippen molar-refractivity contribution in [2.45, 2.75) is 51.7 Å². The Labute approximate surface area is 183 Å². The largest absolute Gasteiger partial charge is 0.492 e. The summed E-state index contributed by atoms with van der Waals surface area (Å²) in [5, 5.41) is 0.675. The van der Waals surface area contributed by atoms with Gasteiger partial charge < -0.3 is 14.2 Å². The molecule has 30 heavy (non-hydrogen) atoms. The van der Waals surface area contributed by atoms with Gasteiger partial charge in [0, 0.05) is 11.1 Å². The molecule has 0 spiro atoms. The number of carbonyl (C=O) groups is 1. The summed E-state index contributed by atoms with van der Waals surface area (Å²) < 4.78 is 17.3. The first-order valence-corrected chi connectivity index (χ1v) is 10.8. The summed E-state index contributed by atoms with van der Waals surface area (Å²) in [6, 6.07) is 15.0. The van der Waals surface area contributed by atoms with Crippen LogP contribution in [0.25, 0.3) is 0 Å². The molecule has 0 aromatic heterocycles. The molecule has 1 fully saturated rings. The standard InChI is InChI=1S/C24H30ClNO4/c1-24(2,3)30-23(27)16-26-15-5-4-6-19(26)17-28-20-11-13-22(14-12-20)29-21-9-7-18(25)8-10-21/h7-14,19H,4-6,15-17H2,1-3H3. The number of benzene rings is 2. The molecule has 0 N–H and O–H groups in total. The lowest BCUT2D eigenvalue weighted by molar-refractivity contribution is -0.157. The third kappa shape index (κ3) is 7.22. The lowest BCUT2D eigenvalue weighted by atomic mass is 10.0. The molecular formula is C24H30ClNO4. The zero-order chi connectivity index (χ0) is 21.6. The second-order valence-corrected chi connectivity index (χ2v) is 8.98. The van der Waals surface area contributed by atoms with Crippen molar-refractivity contribution in [3.05, 3.63) is 53.6 Å². The van der Waals surface area contributed by atoms with E-state index in [-0.39, 0.29) is 12.0 Å². The number of piperidine rings is 1. The summed E-state index contributed by atoms with van der Waals surface area (Å²) in [6.07, 6.45) is 3.25. The third-order valence-electron chi connectivity index (χ3n) is 4.82. The second-order valence-electron chi connectivity index (χ2n) is 8.54. The van der Waals surface area contributed by atoms with Crippen LogP contribution in [0.15, 0.2) is 48.5 Å². The molecule has 0 radical (unpaired) electrons. The van der Waals surface area contributed by atoms with Gasteiger partial charge in [-0.15, -0.1) is 0 Å². The predicted molar refractivity (Wildman–Crippen MR) is 119 cm³/mol. The predicted octanol–water partition coefficient (Wildman–Crippen LogP) is 5.71. The smallest absolute Gasteiger partial charge is 0.320 e. The van der Waals surface area contributed by atoms with Gasteiger partial charge in [-0.3, -0.25) is 9.69 Å². The van der Waals surface area contributed by atoms with Gasteiger partial charge in [0.1, 0.15) is 29.5 Å². The van der Waals surface area contributed by atoms with Crippen molar-refractivity contribution in [1.82, 2.24) is 4.90 Å². The van der Waals surface area contributed by atoms with Crippen molar-refractivity contribution >= 4 is 17.6 Å². The van der Waals surface area contributed by atoms with E-state index in [1.54, 1.807) is 12.1 Å².